The molecule has 0 amide bonds. The molecule has 6 heteroatoms. The van der Waals surface area contributed by atoms with Gasteiger partial charge in [0.25, 0.3) is 0 Å². The lowest BCUT2D eigenvalue weighted by Gasteiger charge is -2.14. The van der Waals surface area contributed by atoms with E-state index in [0.29, 0.717) is 12.1 Å². The van der Waals surface area contributed by atoms with E-state index in [1.54, 1.807) is 18.2 Å². The lowest BCUT2D eigenvalue weighted by molar-refractivity contribution is -0.0505. The van der Waals surface area contributed by atoms with Crippen molar-refractivity contribution in [3.8, 4) is 5.75 Å². The van der Waals surface area contributed by atoms with Gasteiger partial charge in [0, 0.05) is 29.7 Å². The van der Waals surface area contributed by atoms with Crippen LogP contribution < -0.4 is 10.1 Å². The molecule has 1 aliphatic heterocycles. The lowest BCUT2D eigenvalue weighted by Crippen LogP contribution is -2.26. The number of rotatable bonds is 6. The molecule has 0 aromatic heterocycles. The molecular weight excluding hydrogens is 320 g/mol. The van der Waals surface area contributed by atoms with E-state index in [1.165, 1.54) is 0 Å². The highest BCUT2D eigenvalue weighted by Crippen LogP contribution is 2.24. The summed E-state index contributed by atoms with van der Waals surface area (Å²) in [6.45, 7) is -0.802. The molecule has 1 fully saturated rings. The second-order valence-corrected chi connectivity index (χ2v) is 5.31. The molecule has 1 heterocycles. The van der Waals surface area contributed by atoms with Crippen LogP contribution in [-0.2, 0) is 11.3 Å². The molecular formula is C13H16BrF2NO2. The first-order valence-corrected chi connectivity index (χ1v) is 7.00. The Balaban J connectivity index is 1.91. The van der Waals surface area contributed by atoms with Crippen LogP contribution >= 0.6 is 15.9 Å². The zero-order valence-corrected chi connectivity index (χ0v) is 12.0. The van der Waals surface area contributed by atoms with Gasteiger partial charge in [0.15, 0.2) is 0 Å². The van der Waals surface area contributed by atoms with Gasteiger partial charge in [0.2, 0.25) is 0 Å². The van der Waals surface area contributed by atoms with Crippen LogP contribution in [0.25, 0.3) is 0 Å². The molecule has 0 aliphatic carbocycles. The van der Waals surface area contributed by atoms with Crippen LogP contribution in [0, 0.1) is 0 Å². The summed E-state index contributed by atoms with van der Waals surface area (Å²) in [6.07, 6.45) is 2.36. The van der Waals surface area contributed by atoms with E-state index >= 15 is 0 Å². The maximum atomic E-state index is 12.3. The van der Waals surface area contributed by atoms with Crippen molar-refractivity contribution in [3.05, 3.63) is 28.2 Å². The standard InChI is InChI=1S/C13H16BrF2NO2/c14-10-3-4-12(19-13(15)16)9(6-10)7-17-8-11-2-1-5-18-11/h3-4,6,11,13,17H,1-2,5,7-8H2. The molecule has 106 valence electrons. The van der Waals surface area contributed by atoms with Crippen molar-refractivity contribution >= 4 is 15.9 Å². The Bertz CT molecular complexity index is 412. The predicted octanol–water partition coefficient (Wildman–Crippen LogP) is 3.32. The van der Waals surface area contributed by atoms with Crippen molar-refractivity contribution in [1.29, 1.82) is 0 Å². The van der Waals surface area contributed by atoms with E-state index in [0.717, 1.165) is 30.5 Å². The number of halogens is 3. The number of hydrogen-bond acceptors (Lipinski definition) is 3. The number of hydrogen-bond donors (Lipinski definition) is 1. The zero-order chi connectivity index (χ0) is 13.7. The number of nitrogens with one attached hydrogen (secondary N) is 1. The van der Waals surface area contributed by atoms with Gasteiger partial charge >= 0.3 is 6.61 Å². The second kappa shape index (κ2) is 7.17. The molecule has 1 aromatic rings. The van der Waals surface area contributed by atoms with Gasteiger partial charge in [0.05, 0.1) is 6.10 Å². The molecule has 0 bridgehead atoms. The summed E-state index contributed by atoms with van der Waals surface area (Å²) in [5.41, 5.74) is 0.702. The maximum Gasteiger partial charge on any atom is 0.387 e. The highest BCUT2D eigenvalue weighted by atomic mass is 79.9. The Morgan fingerprint density at radius 2 is 2.32 bits per heavy atom. The third kappa shape index (κ3) is 4.71. The van der Waals surface area contributed by atoms with Crippen LogP contribution in [0.2, 0.25) is 0 Å². The third-order valence-electron chi connectivity index (χ3n) is 2.95. The molecule has 2 rings (SSSR count). The summed E-state index contributed by atoms with van der Waals surface area (Å²) in [4.78, 5) is 0. The van der Waals surface area contributed by atoms with Crippen molar-refractivity contribution in [3.63, 3.8) is 0 Å². The SMILES string of the molecule is FC(F)Oc1ccc(Br)cc1CNCC1CCCO1. The van der Waals surface area contributed by atoms with Gasteiger partial charge in [-0.3, -0.25) is 0 Å². The summed E-state index contributed by atoms with van der Waals surface area (Å²) in [6, 6.07) is 5.00. The first-order chi connectivity index (χ1) is 9.15. The molecule has 1 unspecified atom stereocenters. The molecule has 19 heavy (non-hydrogen) atoms. The van der Waals surface area contributed by atoms with Crippen LogP contribution in [0.5, 0.6) is 5.75 Å². The van der Waals surface area contributed by atoms with Crippen molar-refractivity contribution in [2.45, 2.75) is 32.1 Å². The Labute approximate surface area is 119 Å². The zero-order valence-electron chi connectivity index (χ0n) is 10.4. The van der Waals surface area contributed by atoms with Crippen molar-refractivity contribution in [2.24, 2.45) is 0 Å². The topological polar surface area (TPSA) is 30.5 Å². The fraction of sp³-hybridized carbons (Fsp3) is 0.538. The van der Waals surface area contributed by atoms with Crippen LogP contribution in [0.1, 0.15) is 18.4 Å². The minimum atomic E-state index is -2.81. The molecule has 0 spiro atoms. The van der Waals surface area contributed by atoms with Gasteiger partial charge in [-0.2, -0.15) is 8.78 Å². The van der Waals surface area contributed by atoms with Gasteiger partial charge in [-0.25, -0.2) is 0 Å². The Morgan fingerprint density at radius 3 is 3.00 bits per heavy atom. The predicted molar refractivity (Wildman–Crippen MR) is 71.5 cm³/mol. The first-order valence-electron chi connectivity index (χ1n) is 6.20. The average Bonchev–Trinajstić information content (AvgIpc) is 2.85. The number of benzene rings is 1. The minimum absolute atomic E-state index is 0.207. The van der Waals surface area contributed by atoms with Crippen LogP contribution in [-0.4, -0.2) is 25.9 Å². The van der Waals surface area contributed by atoms with E-state index < -0.39 is 6.61 Å². The van der Waals surface area contributed by atoms with E-state index in [9.17, 15) is 8.78 Å². The normalized spacial score (nSPS) is 19.1. The maximum absolute atomic E-state index is 12.3. The Morgan fingerprint density at radius 1 is 1.47 bits per heavy atom. The smallest absolute Gasteiger partial charge is 0.387 e. The third-order valence-corrected chi connectivity index (χ3v) is 3.44. The summed E-state index contributed by atoms with van der Waals surface area (Å²) in [5, 5.41) is 3.21. The van der Waals surface area contributed by atoms with Gasteiger partial charge in [-0.05, 0) is 31.0 Å². The van der Waals surface area contributed by atoms with E-state index in [2.05, 4.69) is 26.0 Å². The monoisotopic (exact) mass is 335 g/mol. The summed E-state index contributed by atoms with van der Waals surface area (Å²) < 4.78 is 35.4. The van der Waals surface area contributed by atoms with E-state index in [4.69, 9.17) is 4.74 Å². The number of ether oxygens (including phenoxy) is 2. The average molecular weight is 336 g/mol. The quantitative estimate of drug-likeness (QED) is 0.865. The summed E-state index contributed by atoms with van der Waals surface area (Å²) in [7, 11) is 0. The van der Waals surface area contributed by atoms with Crippen molar-refractivity contribution in [2.75, 3.05) is 13.2 Å². The molecule has 1 aliphatic rings. The lowest BCUT2D eigenvalue weighted by atomic mass is 10.2. The van der Waals surface area contributed by atoms with Crippen LogP contribution in [0.3, 0.4) is 0 Å². The van der Waals surface area contributed by atoms with Gasteiger partial charge < -0.3 is 14.8 Å². The van der Waals surface area contributed by atoms with Gasteiger partial charge in [-0.15, -0.1) is 0 Å². The highest BCUT2D eigenvalue weighted by molar-refractivity contribution is 9.10. The van der Waals surface area contributed by atoms with Gasteiger partial charge in [-0.1, -0.05) is 15.9 Å². The molecule has 3 nitrogen and oxygen atoms in total. The highest BCUT2D eigenvalue weighted by Gasteiger charge is 2.15. The van der Waals surface area contributed by atoms with E-state index in [-0.39, 0.29) is 11.9 Å². The molecule has 1 aromatic carbocycles. The van der Waals surface area contributed by atoms with Crippen molar-refractivity contribution < 1.29 is 18.3 Å². The molecule has 0 saturated carbocycles. The Kier molecular flexibility index (Phi) is 5.54. The van der Waals surface area contributed by atoms with Gasteiger partial charge in [0.1, 0.15) is 5.75 Å². The molecule has 1 N–H and O–H groups in total. The molecule has 1 atom stereocenters. The number of alkyl halides is 2. The summed E-state index contributed by atoms with van der Waals surface area (Å²) >= 11 is 3.33. The fourth-order valence-electron chi connectivity index (χ4n) is 2.07. The van der Waals surface area contributed by atoms with Crippen LogP contribution in [0.4, 0.5) is 8.78 Å². The van der Waals surface area contributed by atoms with E-state index in [1.807, 2.05) is 0 Å². The van der Waals surface area contributed by atoms with Crippen LogP contribution in [0.15, 0.2) is 22.7 Å². The summed E-state index contributed by atoms with van der Waals surface area (Å²) in [5.74, 6) is 0.207. The fourth-order valence-corrected chi connectivity index (χ4v) is 2.48. The largest absolute Gasteiger partial charge is 0.434 e. The Hall–Kier alpha value is -0.720. The second-order valence-electron chi connectivity index (χ2n) is 4.40. The molecule has 0 radical (unpaired) electrons. The first kappa shape index (κ1) is 14.7. The molecule has 1 saturated heterocycles. The minimum Gasteiger partial charge on any atom is -0.434 e. The van der Waals surface area contributed by atoms with Crippen molar-refractivity contribution in [1.82, 2.24) is 5.32 Å².